The van der Waals surface area contributed by atoms with E-state index in [1.165, 1.54) is 7.11 Å². The Labute approximate surface area is 112 Å². The molecule has 0 aromatic heterocycles. The number of benzene rings is 1. The van der Waals surface area contributed by atoms with Gasteiger partial charge in [0.25, 0.3) is 0 Å². The summed E-state index contributed by atoms with van der Waals surface area (Å²) >= 11 is 3.26. The van der Waals surface area contributed by atoms with E-state index in [2.05, 4.69) is 21.2 Å². The lowest BCUT2D eigenvalue weighted by molar-refractivity contribution is -0.138. The zero-order chi connectivity index (χ0) is 13.7. The van der Waals surface area contributed by atoms with Crippen LogP contribution in [0.4, 0.5) is 5.69 Å². The van der Waals surface area contributed by atoms with Gasteiger partial charge in [-0.05, 0) is 18.2 Å². The largest absolute Gasteiger partial charge is 0.495 e. The molecular weight excluding hydrogens is 304 g/mol. The van der Waals surface area contributed by atoms with Crippen molar-refractivity contribution in [1.29, 1.82) is 0 Å². The average Bonchev–Trinajstić information content (AvgIpc) is 2.28. The van der Waals surface area contributed by atoms with Gasteiger partial charge in [-0.25, -0.2) is 0 Å². The highest BCUT2D eigenvalue weighted by Gasteiger charge is 2.18. The molecule has 4 N–H and O–H groups in total. The van der Waals surface area contributed by atoms with Crippen LogP contribution >= 0.6 is 15.9 Å². The Kier molecular flexibility index (Phi) is 5.11. The third kappa shape index (κ3) is 4.01. The average molecular weight is 317 g/mol. The molecule has 1 amide bonds. The van der Waals surface area contributed by atoms with E-state index in [1.807, 2.05) is 0 Å². The van der Waals surface area contributed by atoms with Gasteiger partial charge in [-0.1, -0.05) is 15.9 Å². The van der Waals surface area contributed by atoms with E-state index in [0.717, 1.165) is 4.47 Å². The first-order valence-electron chi connectivity index (χ1n) is 5.06. The Balaban J connectivity index is 2.80. The summed E-state index contributed by atoms with van der Waals surface area (Å²) in [6.07, 6.45) is -0.428. The highest BCUT2D eigenvalue weighted by Crippen LogP contribution is 2.27. The number of nitrogens with two attached hydrogens (primary N) is 1. The van der Waals surface area contributed by atoms with E-state index in [9.17, 15) is 9.59 Å². The van der Waals surface area contributed by atoms with Gasteiger partial charge in [-0.15, -0.1) is 0 Å². The summed E-state index contributed by atoms with van der Waals surface area (Å²) in [7, 11) is 1.47. The van der Waals surface area contributed by atoms with Gasteiger partial charge in [0.05, 0.1) is 25.3 Å². The molecule has 0 aliphatic carbocycles. The van der Waals surface area contributed by atoms with E-state index in [4.69, 9.17) is 15.6 Å². The van der Waals surface area contributed by atoms with Gasteiger partial charge in [-0.2, -0.15) is 0 Å². The predicted octanol–water partition coefficient (Wildman–Crippen LogP) is 1.20. The van der Waals surface area contributed by atoms with Crippen molar-refractivity contribution in [2.45, 2.75) is 12.5 Å². The van der Waals surface area contributed by atoms with E-state index >= 15 is 0 Å². The van der Waals surface area contributed by atoms with Crippen molar-refractivity contribution in [3.63, 3.8) is 0 Å². The van der Waals surface area contributed by atoms with Crippen molar-refractivity contribution in [1.82, 2.24) is 0 Å². The second-order valence-electron chi connectivity index (χ2n) is 3.54. The third-order valence-electron chi connectivity index (χ3n) is 2.15. The monoisotopic (exact) mass is 316 g/mol. The standard InChI is InChI=1S/C11H13BrN2O4/c1-18-9-3-2-6(12)4-8(9)14-11(17)7(13)5-10(15)16/h2-4,7H,5,13H2,1H3,(H,14,17)(H,15,16). The topological polar surface area (TPSA) is 102 Å². The number of carboxylic acid groups (broad SMARTS) is 1. The van der Waals surface area contributed by atoms with Gasteiger partial charge >= 0.3 is 5.97 Å². The van der Waals surface area contributed by atoms with Gasteiger partial charge in [-0.3, -0.25) is 9.59 Å². The number of methoxy groups -OCH3 is 1. The molecule has 0 heterocycles. The number of ether oxygens (including phenoxy) is 1. The minimum absolute atomic E-state index is 0.428. The quantitative estimate of drug-likeness (QED) is 0.757. The van der Waals surface area contributed by atoms with Crippen LogP contribution in [0.3, 0.4) is 0 Å². The fourth-order valence-electron chi connectivity index (χ4n) is 1.28. The van der Waals surface area contributed by atoms with Crippen LogP contribution in [-0.4, -0.2) is 30.1 Å². The first kappa shape index (κ1) is 14.5. The van der Waals surface area contributed by atoms with Crippen LogP contribution < -0.4 is 15.8 Å². The fraction of sp³-hybridized carbons (Fsp3) is 0.273. The highest BCUT2D eigenvalue weighted by atomic mass is 79.9. The van der Waals surface area contributed by atoms with Crippen molar-refractivity contribution >= 4 is 33.5 Å². The molecule has 0 fully saturated rings. The summed E-state index contributed by atoms with van der Waals surface area (Å²) in [6, 6.07) is 3.96. The third-order valence-corrected chi connectivity index (χ3v) is 2.64. The first-order chi connectivity index (χ1) is 8.43. The van der Waals surface area contributed by atoms with Crippen LogP contribution in [0.2, 0.25) is 0 Å². The Hall–Kier alpha value is -1.60. The van der Waals surface area contributed by atoms with Crippen molar-refractivity contribution in [2.75, 3.05) is 12.4 Å². The molecule has 0 aliphatic rings. The molecule has 1 rings (SSSR count). The molecule has 18 heavy (non-hydrogen) atoms. The van der Waals surface area contributed by atoms with Crippen molar-refractivity contribution in [3.05, 3.63) is 22.7 Å². The second kappa shape index (κ2) is 6.36. The van der Waals surface area contributed by atoms with Crippen LogP contribution in [0.1, 0.15) is 6.42 Å². The summed E-state index contributed by atoms with van der Waals surface area (Å²) in [5.74, 6) is -1.23. The summed E-state index contributed by atoms with van der Waals surface area (Å²) in [4.78, 5) is 22.1. The van der Waals surface area contributed by atoms with Crippen LogP contribution in [0, 0.1) is 0 Å². The van der Waals surface area contributed by atoms with Gasteiger partial charge in [0.15, 0.2) is 0 Å². The van der Waals surface area contributed by atoms with E-state index in [-0.39, 0.29) is 0 Å². The minimum Gasteiger partial charge on any atom is -0.495 e. The number of rotatable bonds is 5. The summed E-state index contributed by atoms with van der Waals surface area (Å²) in [5.41, 5.74) is 5.88. The van der Waals surface area contributed by atoms with E-state index < -0.39 is 24.3 Å². The number of halogens is 1. The summed E-state index contributed by atoms with van der Waals surface area (Å²) in [6.45, 7) is 0. The Morgan fingerprint density at radius 1 is 1.56 bits per heavy atom. The predicted molar refractivity (Wildman–Crippen MR) is 69.6 cm³/mol. The molecule has 0 saturated carbocycles. The first-order valence-corrected chi connectivity index (χ1v) is 5.85. The van der Waals surface area contributed by atoms with Crippen LogP contribution in [0.5, 0.6) is 5.75 Å². The lowest BCUT2D eigenvalue weighted by Crippen LogP contribution is -2.37. The number of anilines is 1. The van der Waals surface area contributed by atoms with E-state index in [0.29, 0.717) is 11.4 Å². The number of hydrogen-bond donors (Lipinski definition) is 3. The maximum Gasteiger partial charge on any atom is 0.305 e. The molecule has 1 aromatic carbocycles. The maximum absolute atomic E-state index is 11.7. The number of nitrogens with one attached hydrogen (secondary N) is 1. The number of amides is 1. The molecule has 1 aromatic rings. The lowest BCUT2D eigenvalue weighted by atomic mass is 10.2. The smallest absolute Gasteiger partial charge is 0.305 e. The number of carbonyl (C=O) groups is 2. The van der Waals surface area contributed by atoms with Crippen LogP contribution in [0.15, 0.2) is 22.7 Å². The molecule has 1 atom stereocenters. The molecule has 0 spiro atoms. The molecule has 6 nitrogen and oxygen atoms in total. The summed E-state index contributed by atoms with van der Waals surface area (Å²) in [5, 5.41) is 11.1. The van der Waals surface area contributed by atoms with Crippen molar-refractivity contribution < 1.29 is 19.4 Å². The zero-order valence-electron chi connectivity index (χ0n) is 9.64. The van der Waals surface area contributed by atoms with Crippen molar-refractivity contribution in [3.8, 4) is 5.75 Å². The fourth-order valence-corrected chi connectivity index (χ4v) is 1.65. The van der Waals surface area contributed by atoms with E-state index in [1.54, 1.807) is 18.2 Å². The van der Waals surface area contributed by atoms with Crippen molar-refractivity contribution in [2.24, 2.45) is 5.73 Å². The Morgan fingerprint density at radius 3 is 2.78 bits per heavy atom. The molecule has 1 unspecified atom stereocenters. The summed E-state index contributed by atoms with van der Waals surface area (Å²) < 4.78 is 5.82. The number of carboxylic acids is 1. The Bertz CT molecular complexity index is 464. The van der Waals surface area contributed by atoms with Gasteiger partial charge in [0.1, 0.15) is 5.75 Å². The Morgan fingerprint density at radius 2 is 2.22 bits per heavy atom. The molecule has 0 radical (unpaired) electrons. The maximum atomic E-state index is 11.7. The van der Waals surface area contributed by atoms with Gasteiger partial charge < -0.3 is 20.9 Å². The minimum atomic E-state index is -1.13. The van der Waals surface area contributed by atoms with Crippen LogP contribution in [-0.2, 0) is 9.59 Å². The lowest BCUT2D eigenvalue weighted by Gasteiger charge is -2.13. The molecule has 0 bridgehead atoms. The number of aliphatic carboxylic acids is 1. The van der Waals surface area contributed by atoms with Gasteiger partial charge in [0.2, 0.25) is 5.91 Å². The molecule has 98 valence electrons. The molecule has 0 aliphatic heterocycles. The van der Waals surface area contributed by atoms with Crippen LogP contribution in [0.25, 0.3) is 0 Å². The molecular formula is C11H13BrN2O4. The SMILES string of the molecule is COc1ccc(Br)cc1NC(=O)C(N)CC(=O)O. The molecule has 0 saturated heterocycles. The highest BCUT2D eigenvalue weighted by molar-refractivity contribution is 9.10. The molecule has 7 heteroatoms. The zero-order valence-corrected chi connectivity index (χ0v) is 11.2. The number of carbonyl (C=O) groups excluding carboxylic acids is 1. The van der Waals surface area contributed by atoms with Gasteiger partial charge in [0, 0.05) is 4.47 Å². The normalized spacial score (nSPS) is 11.7. The number of hydrogen-bond acceptors (Lipinski definition) is 4. The second-order valence-corrected chi connectivity index (χ2v) is 4.45.